The molecule has 0 bridgehead atoms. The van der Waals surface area contributed by atoms with E-state index in [2.05, 4.69) is 0 Å². The van der Waals surface area contributed by atoms with Crippen LogP contribution in [0.4, 0.5) is 24.5 Å². The van der Waals surface area contributed by atoms with Crippen LogP contribution >= 0.6 is 23.4 Å². The molecule has 0 aliphatic carbocycles. The SMILES string of the molecule is N=C1S/C(=C\c2cc([N+](=O)[O-])ccc2OCc2cccc(Cl)c2)C(=O)N1c1cccc(C(F)(F)F)c1. The van der Waals surface area contributed by atoms with Gasteiger partial charge in [0.25, 0.3) is 11.6 Å². The summed E-state index contributed by atoms with van der Waals surface area (Å²) in [5.41, 5.74) is -0.396. The number of carbonyl (C=O) groups excluding carboxylic acids is 1. The molecule has 1 fully saturated rings. The summed E-state index contributed by atoms with van der Waals surface area (Å²) in [6.07, 6.45) is -3.31. The largest absolute Gasteiger partial charge is 0.488 e. The molecule has 1 aliphatic rings. The molecule has 1 amide bonds. The Labute approximate surface area is 211 Å². The van der Waals surface area contributed by atoms with Crippen LogP contribution in [-0.2, 0) is 17.6 Å². The van der Waals surface area contributed by atoms with Gasteiger partial charge in [-0.2, -0.15) is 13.2 Å². The van der Waals surface area contributed by atoms with Gasteiger partial charge < -0.3 is 4.74 Å². The molecule has 36 heavy (non-hydrogen) atoms. The lowest BCUT2D eigenvalue weighted by molar-refractivity contribution is -0.384. The third kappa shape index (κ3) is 5.52. The van der Waals surface area contributed by atoms with Gasteiger partial charge in [-0.25, -0.2) is 0 Å². The minimum Gasteiger partial charge on any atom is -0.488 e. The molecule has 0 saturated carbocycles. The monoisotopic (exact) mass is 533 g/mol. The molecule has 1 N–H and O–H groups in total. The number of hydrogen-bond donors (Lipinski definition) is 1. The predicted octanol–water partition coefficient (Wildman–Crippen LogP) is 6.90. The first kappa shape index (κ1) is 25.3. The highest BCUT2D eigenvalue weighted by Crippen LogP contribution is 2.39. The fourth-order valence-electron chi connectivity index (χ4n) is 3.37. The molecule has 12 heteroatoms. The van der Waals surface area contributed by atoms with Crippen molar-refractivity contribution < 1.29 is 27.6 Å². The number of non-ortho nitro benzene ring substituents is 1. The Bertz CT molecular complexity index is 1410. The summed E-state index contributed by atoms with van der Waals surface area (Å²) in [5.74, 6) is -0.512. The maximum Gasteiger partial charge on any atom is 0.416 e. The second kappa shape index (κ2) is 10.0. The number of carbonyl (C=O) groups is 1. The summed E-state index contributed by atoms with van der Waals surface area (Å²) in [4.78, 5) is 24.6. The number of thioether (sulfide) groups is 1. The van der Waals surface area contributed by atoms with E-state index in [1.54, 1.807) is 24.3 Å². The first-order chi connectivity index (χ1) is 17.0. The van der Waals surface area contributed by atoms with Crippen LogP contribution in [0.2, 0.25) is 5.02 Å². The van der Waals surface area contributed by atoms with E-state index in [1.807, 2.05) is 0 Å². The van der Waals surface area contributed by atoms with Crippen LogP contribution in [0.5, 0.6) is 5.75 Å². The number of nitro groups is 1. The van der Waals surface area contributed by atoms with Crippen molar-refractivity contribution in [1.82, 2.24) is 0 Å². The zero-order valence-electron chi connectivity index (χ0n) is 18.1. The van der Waals surface area contributed by atoms with Crippen molar-refractivity contribution in [2.24, 2.45) is 0 Å². The van der Waals surface area contributed by atoms with Crippen molar-refractivity contribution in [2.45, 2.75) is 12.8 Å². The molecule has 0 aromatic heterocycles. The smallest absolute Gasteiger partial charge is 0.416 e. The number of anilines is 1. The fraction of sp³-hybridized carbons (Fsp3) is 0.0833. The molecule has 7 nitrogen and oxygen atoms in total. The molecular formula is C24H15ClF3N3O4S. The molecule has 1 saturated heterocycles. The van der Waals surface area contributed by atoms with E-state index in [-0.39, 0.29) is 39.4 Å². The maximum atomic E-state index is 13.1. The summed E-state index contributed by atoms with van der Waals surface area (Å²) in [6.45, 7) is 0.0851. The number of rotatable bonds is 6. The van der Waals surface area contributed by atoms with Gasteiger partial charge in [0.15, 0.2) is 5.17 Å². The Morgan fingerprint density at radius 2 is 1.86 bits per heavy atom. The van der Waals surface area contributed by atoms with Gasteiger partial charge in [0, 0.05) is 22.7 Å². The summed E-state index contributed by atoms with van der Waals surface area (Å²) in [5, 5.41) is 19.7. The molecule has 4 rings (SSSR count). The minimum atomic E-state index is -4.62. The normalized spacial score (nSPS) is 15.0. The second-order valence-corrected chi connectivity index (χ2v) is 8.97. The van der Waals surface area contributed by atoms with Crippen molar-refractivity contribution in [3.05, 3.63) is 103 Å². The van der Waals surface area contributed by atoms with Gasteiger partial charge in [0.1, 0.15) is 12.4 Å². The predicted molar refractivity (Wildman–Crippen MR) is 131 cm³/mol. The third-order valence-corrected chi connectivity index (χ3v) is 6.15. The number of nitro benzene ring substituents is 1. The van der Waals surface area contributed by atoms with Crippen LogP contribution in [0, 0.1) is 15.5 Å². The Balaban J connectivity index is 1.66. The van der Waals surface area contributed by atoms with Gasteiger partial charge in [-0.15, -0.1) is 0 Å². The number of hydrogen-bond acceptors (Lipinski definition) is 6. The fourth-order valence-corrected chi connectivity index (χ4v) is 4.43. The topological polar surface area (TPSA) is 96.5 Å². The van der Waals surface area contributed by atoms with Gasteiger partial charge in [0.2, 0.25) is 0 Å². The van der Waals surface area contributed by atoms with Crippen molar-refractivity contribution in [1.29, 1.82) is 5.41 Å². The molecule has 1 heterocycles. The van der Waals surface area contributed by atoms with Crippen LogP contribution in [0.1, 0.15) is 16.7 Å². The molecule has 0 radical (unpaired) electrons. The van der Waals surface area contributed by atoms with E-state index < -0.39 is 22.6 Å². The first-order valence-electron chi connectivity index (χ1n) is 10.2. The van der Waals surface area contributed by atoms with Crippen LogP contribution in [-0.4, -0.2) is 16.0 Å². The zero-order chi connectivity index (χ0) is 26.0. The minimum absolute atomic E-state index is 0.00878. The number of halogens is 4. The second-order valence-electron chi connectivity index (χ2n) is 7.50. The number of alkyl halides is 3. The lowest BCUT2D eigenvalue weighted by Crippen LogP contribution is -2.28. The van der Waals surface area contributed by atoms with Crippen LogP contribution in [0.15, 0.2) is 71.6 Å². The number of nitrogens with one attached hydrogen (secondary N) is 1. The van der Waals surface area contributed by atoms with E-state index in [1.165, 1.54) is 30.3 Å². The van der Waals surface area contributed by atoms with Crippen molar-refractivity contribution in [3.8, 4) is 5.75 Å². The molecule has 1 aliphatic heterocycles. The highest BCUT2D eigenvalue weighted by atomic mass is 35.5. The van der Waals surface area contributed by atoms with Crippen molar-refractivity contribution >= 4 is 51.9 Å². The van der Waals surface area contributed by atoms with Gasteiger partial charge >= 0.3 is 6.18 Å². The molecule has 0 unspecified atom stereocenters. The van der Waals surface area contributed by atoms with Crippen LogP contribution in [0.25, 0.3) is 6.08 Å². The molecule has 0 spiro atoms. The van der Waals surface area contributed by atoms with E-state index in [4.69, 9.17) is 21.7 Å². The number of nitrogens with zero attached hydrogens (tertiary/aromatic N) is 2. The van der Waals surface area contributed by atoms with E-state index in [0.717, 1.165) is 40.4 Å². The van der Waals surface area contributed by atoms with Gasteiger partial charge in [0.05, 0.1) is 21.1 Å². The van der Waals surface area contributed by atoms with Crippen molar-refractivity contribution in [2.75, 3.05) is 4.90 Å². The van der Waals surface area contributed by atoms with E-state index in [9.17, 15) is 28.1 Å². The van der Waals surface area contributed by atoms with Gasteiger partial charge in [-0.3, -0.25) is 25.2 Å². The number of amidine groups is 1. The molecular weight excluding hydrogens is 519 g/mol. The lowest BCUT2D eigenvalue weighted by atomic mass is 10.1. The number of benzene rings is 3. The first-order valence-corrected chi connectivity index (χ1v) is 11.4. The summed E-state index contributed by atoms with van der Waals surface area (Å²) < 4.78 is 45.2. The van der Waals surface area contributed by atoms with Crippen LogP contribution in [0.3, 0.4) is 0 Å². The number of amides is 1. The molecule has 184 valence electrons. The lowest BCUT2D eigenvalue weighted by Gasteiger charge is -2.16. The molecule has 3 aromatic carbocycles. The Hall–Kier alpha value is -3.83. The van der Waals surface area contributed by atoms with Gasteiger partial charge in [-0.1, -0.05) is 29.8 Å². The average Bonchev–Trinajstić information content (AvgIpc) is 3.10. The zero-order valence-corrected chi connectivity index (χ0v) is 19.7. The highest BCUT2D eigenvalue weighted by Gasteiger charge is 2.36. The average molecular weight is 534 g/mol. The Kier molecular flexibility index (Phi) is 7.04. The van der Waals surface area contributed by atoms with Gasteiger partial charge in [-0.05, 0) is 59.8 Å². The Morgan fingerprint density at radius 3 is 2.56 bits per heavy atom. The standard InChI is InChI=1S/C24H15ClF3N3O4S/c25-17-5-1-3-14(9-17)13-35-20-8-7-19(31(33)34)10-15(20)11-21-22(32)30(23(29)36-21)18-6-2-4-16(12-18)24(26,27)28/h1-12,29H,13H2/b21-11-,29-23?. The summed E-state index contributed by atoms with van der Waals surface area (Å²) >= 11 is 6.71. The quantitative estimate of drug-likeness (QED) is 0.211. The third-order valence-electron chi connectivity index (χ3n) is 5.03. The Morgan fingerprint density at radius 1 is 1.11 bits per heavy atom. The number of ether oxygens (including phenoxy) is 1. The maximum absolute atomic E-state index is 13.1. The molecule has 0 atom stereocenters. The van der Waals surface area contributed by atoms with E-state index in [0.29, 0.717) is 5.02 Å². The highest BCUT2D eigenvalue weighted by molar-refractivity contribution is 8.19. The van der Waals surface area contributed by atoms with E-state index >= 15 is 0 Å². The van der Waals surface area contributed by atoms with Crippen molar-refractivity contribution in [3.63, 3.8) is 0 Å². The summed E-state index contributed by atoms with van der Waals surface area (Å²) in [7, 11) is 0. The van der Waals surface area contributed by atoms with Crippen LogP contribution < -0.4 is 9.64 Å². The summed E-state index contributed by atoms with van der Waals surface area (Å²) in [6, 6.07) is 14.8. The molecule has 3 aromatic rings.